The van der Waals surface area contributed by atoms with Gasteiger partial charge in [-0.1, -0.05) is 42.5 Å². The second-order valence-corrected chi connectivity index (χ2v) is 9.23. The number of rotatable bonds is 7. The van der Waals surface area contributed by atoms with Crippen molar-refractivity contribution >= 4 is 28.8 Å². The van der Waals surface area contributed by atoms with E-state index in [2.05, 4.69) is 10.3 Å². The van der Waals surface area contributed by atoms with Crippen molar-refractivity contribution in [1.29, 1.82) is 0 Å². The number of likely N-dealkylation sites (tertiary alicyclic amines) is 1. The van der Waals surface area contributed by atoms with Gasteiger partial charge in [0.25, 0.3) is 5.91 Å². The summed E-state index contributed by atoms with van der Waals surface area (Å²) in [4.78, 5) is 31.8. The lowest BCUT2D eigenvalue weighted by molar-refractivity contribution is -0.132. The highest BCUT2D eigenvalue weighted by molar-refractivity contribution is 7.10. The number of benzene rings is 2. The van der Waals surface area contributed by atoms with E-state index in [9.17, 15) is 14.0 Å². The lowest BCUT2D eigenvalue weighted by atomic mass is 9.97. The Morgan fingerprint density at radius 3 is 2.62 bits per heavy atom. The molecule has 4 rings (SSSR count). The third-order valence-electron chi connectivity index (χ3n) is 6.04. The van der Waals surface area contributed by atoms with Gasteiger partial charge in [-0.15, -0.1) is 11.3 Å². The summed E-state index contributed by atoms with van der Waals surface area (Å²) in [5.74, 6) is -0.106. The monoisotopic (exact) mass is 477 g/mol. The largest absolute Gasteiger partial charge is 0.343 e. The van der Waals surface area contributed by atoms with Crippen LogP contribution in [0.2, 0.25) is 0 Å². The van der Waals surface area contributed by atoms with E-state index in [1.165, 1.54) is 23.5 Å². The van der Waals surface area contributed by atoms with Gasteiger partial charge in [-0.3, -0.25) is 9.59 Å². The van der Waals surface area contributed by atoms with Crippen LogP contribution in [0.4, 0.5) is 10.1 Å². The Morgan fingerprint density at radius 1 is 1.15 bits per heavy atom. The van der Waals surface area contributed by atoms with Gasteiger partial charge in [-0.2, -0.15) is 0 Å². The topological polar surface area (TPSA) is 62.3 Å². The van der Waals surface area contributed by atoms with E-state index in [-0.39, 0.29) is 23.5 Å². The molecule has 0 saturated carbocycles. The summed E-state index contributed by atoms with van der Waals surface area (Å²) in [5.41, 5.74) is 2.68. The van der Waals surface area contributed by atoms with Crippen LogP contribution in [0.5, 0.6) is 0 Å². The molecule has 1 aliphatic rings. The second kappa shape index (κ2) is 11.2. The first-order valence-electron chi connectivity index (χ1n) is 11.6. The van der Waals surface area contributed by atoms with E-state index >= 15 is 0 Å². The molecule has 0 spiro atoms. The van der Waals surface area contributed by atoms with Crippen LogP contribution in [0, 0.1) is 5.82 Å². The van der Waals surface area contributed by atoms with Gasteiger partial charge < -0.3 is 10.2 Å². The van der Waals surface area contributed by atoms with Crippen LogP contribution in [0.25, 0.3) is 11.1 Å². The summed E-state index contributed by atoms with van der Waals surface area (Å²) in [5, 5.41) is 5.69. The lowest BCUT2D eigenvalue weighted by Crippen LogP contribution is -2.37. The summed E-state index contributed by atoms with van der Waals surface area (Å²) < 4.78 is 13.3. The highest BCUT2D eigenvalue weighted by Gasteiger charge is 2.26. The lowest BCUT2D eigenvalue weighted by Gasteiger charge is -2.31. The molecule has 0 aliphatic carbocycles. The van der Waals surface area contributed by atoms with Crippen molar-refractivity contribution < 1.29 is 14.0 Å². The molecule has 34 heavy (non-hydrogen) atoms. The van der Waals surface area contributed by atoms with Crippen LogP contribution in [0.1, 0.15) is 54.0 Å². The van der Waals surface area contributed by atoms with E-state index < -0.39 is 0 Å². The van der Waals surface area contributed by atoms with Crippen molar-refractivity contribution in [2.75, 3.05) is 18.4 Å². The molecule has 1 N–H and O–H groups in total. The first-order valence-corrected chi connectivity index (χ1v) is 12.4. The Hall–Kier alpha value is -3.32. The number of halogens is 1. The maximum atomic E-state index is 13.3. The standard InChI is InChI=1S/C27H28FN3O2S/c1-2-3-4-9-25(32)31-16-14-20(15-17-31)27-30-24(18-34-27)26(33)29-23-8-6-5-7-22(23)19-10-12-21(28)13-11-19/h2-3,5-8,10-13,18,20H,4,9,14-17H2,1H3,(H,29,33)/b3-2+. The minimum absolute atomic E-state index is 0.204. The molecular weight excluding hydrogens is 449 g/mol. The van der Waals surface area contributed by atoms with Gasteiger partial charge in [0.2, 0.25) is 5.91 Å². The molecule has 0 atom stereocenters. The summed E-state index contributed by atoms with van der Waals surface area (Å²) in [7, 11) is 0. The van der Waals surface area contributed by atoms with Gasteiger partial charge in [0.1, 0.15) is 11.5 Å². The number of piperidine rings is 1. The molecular formula is C27H28FN3O2S. The maximum Gasteiger partial charge on any atom is 0.275 e. The fraction of sp³-hybridized carbons (Fsp3) is 0.296. The van der Waals surface area contributed by atoms with Crippen molar-refractivity contribution in [3.05, 3.63) is 82.6 Å². The number of amides is 2. The zero-order chi connectivity index (χ0) is 23.9. The molecule has 2 heterocycles. The van der Waals surface area contributed by atoms with Crippen LogP contribution in [-0.4, -0.2) is 34.8 Å². The van der Waals surface area contributed by atoms with Gasteiger partial charge in [0.05, 0.1) is 5.01 Å². The molecule has 2 amide bonds. The number of carbonyl (C=O) groups is 2. The van der Waals surface area contributed by atoms with Crippen molar-refractivity contribution in [2.45, 2.75) is 38.5 Å². The number of nitrogens with one attached hydrogen (secondary N) is 1. The maximum absolute atomic E-state index is 13.3. The smallest absolute Gasteiger partial charge is 0.275 e. The molecule has 5 nitrogen and oxygen atoms in total. The van der Waals surface area contributed by atoms with Gasteiger partial charge in [0.15, 0.2) is 0 Å². The van der Waals surface area contributed by atoms with Crippen LogP contribution < -0.4 is 5.32 Å². The Morgan fingerprint density at radius 2 is 1.88 bits per heavy atom. The van der Waals surface area contributed by atoms with Crippen molar-refractivity contribution in [2.24, 2.45) is 0 Å². The predicted octanol–water partition coefficient (Wildman–Crippen LogP) is 6.26. The summed E-state index contributed by atoms with van der Waals surface area (Å²) in [6.45, 7) is 3.42. The highest BCUT2D eigenvalue weighted by Crippen LogP contribution is 2.32. The molecule has 1 fully saturated rings. The highest BCUT2D eigenvalue weighted by atomic mass is 32.1. The van der Waals surface area contributed by atoms with Crippen LogP contribution in [-0.2, 0) is 4.79 Å². The van der Waals surface area contributed by atoms with Gasteiger partial charge in [-0.25, -0.2) is 9.37 Å². The first kappa shape index (κ1) is 23.8. The molecule has 1 aliphatic heterocycles. The van der Waals surface area contributed by atoms with Crippen LogP contribution in [0.15, 0.2) is 66.1 Å². The number of hydrogen-bond donors (Lipinski definition) is 1. The van der Waals surface area contributed by atoms with Gasteiger partial charge >= 0.3 is 0 Å². The molecule has 7 heteroatoms. The number of thiazole rings is 1. The van der Waals surface area contributed by atoms with E-state index in [0.29, 0.717) is 17.8 Å². The fourth-order valence-electron chi connectivity index (χ4n) is 4.15. The molecule has 0 unspecified atom stereocenters. The fourth-order valence-corrected chi connectivity index (χ4v) is 5.12. The Labute approximate surface area is 203 Å². The van der Waals surface area contributed by atoms with Gasteiger partial charge in [-0.05, 0) is 49.9 Å². The number of para-hydroxylation sites is 1. The van der Waals surface area contributed by atoms with Gasteiger partial charge in [0, 0.05) is 42.1 Å². The van der Waals surface area contributed by atoms with Crippen LogP contribution >= 0.6 is 11.3 Å². The van der Waals surface area contributed by atoms with Crippen LogP contribution in [0.3, 0.4) is 0 Å². The number of allylic oxidation sites excluding steroid dienone is 2. The second-order valence-electron chi connectivity index (χ2n) is 8.34. The minimum Gasteiger partial charge on any atom is -0.343 e. The first-order chi connectivity index (χ1) is 16.5. The van der Waals surface area contributed by atoms with E-state index in [1.807, 2.05) is 48.2 Å². The molecule has 0 radical (unpaired) electrons. The number of aromatic nitrogens is 1. The van der Waals surface area contributed by atoms with E-state index in [0.717, 1.165) is 48.5 Å². The summed E-state index contributed by atoms with van der Waals surface area (Å²) >= 11 is 1.50. The molecule has 176 valence electrons. The average Bonchev–Trinajstić information content (AvgIpc) is 3.36. The molecule has 2 aromatic carbocycles. The number of carbonyl (C=O) groups excluding carboxylic acids is 2. The zero-order valence-electron chi connectivity index (χ0n) is 19.2. The van der Waals surface area contributed by atoms with E-state index in [1.54, 1.807) is 17.5 Å². The third-order valence-corrected chi connectivity index (χ3v) is 7.05. The predicted molar refractivity (Wildman–Crippen MR) is 135 cm³/mol. The molecule has 1 aromatic heterocycles. The zero-order valence-corrected chi connectivity index (χ0v) is 20.0. The summed E-state index contributed by atoms with van der Waals surface area (Å²) in [6, 6.07) is 13.6. The van der Waals surface area contributed by atoms with Crippen molar-refractivity contribution in [3.63, 3.8) is 0 Å². The number of nitrogens with zero attached hydrogens (tertiary/aromatic N) is 2. The van der Waals surface area contributed by atoms with E-state index in [4.69, 9.17) is 0 Å². The Balaban J connectivity index is 1.38. The normalized spacial score (nSPS) is 14.5. The number of hydrogen-bond acceptors (Lipinski definition) is 4. The summed E-state index contributed by atoms with van der Waals surface area (Å²) in [6.07, 6.45) is 7.04. The Kier molecular flexibility index (Phi) is 7.85. The third kappa shape index (κ3) is 5.78. The average molecular weight is 478 g/mol. The van der Waals surface area contributed by atoms with Crippen molar-refractivity contribution in [3.8, 4) is 11.1 Å². The molecule has 1 saturated heterocycles. The number of anilines is 1. The van der Waals surface area contributed by atoms with Crippen molar-refractivity contribution in [1.82, 2.24) is 9.88 Å². The molecule has 3 aromatic rings. The minimum atomic E-state index is -0.302. The molecule has 0 bridgehead atoms. The quantitative estimate of drug-likeness (QED) is 0.408. The SMILES string of the molecule is C/C=C/CCC(=O)N1CCC(c2nc(C(=O)Nc3ccccc3-c3ccc(F)cc3)cs2)CC1. The Bertz CT molecular complexity index is 1160.